The first-order chi connectivity index (χ1) is 4.61. The molecule has 0 fully saturated rings. The molecule has 0 atom stereocenters. The molecule has 54 valence electrons. The summed E-state index contributed by atoms with van der Waals surface area (Å²) in [5, 5.41) is 0.723. The average Bonchev–Trinajstić information content (AvgIpc) is 1.84. The van der Waals surface area contributed by atoms with Crippen molar-refractivity contribution in [2.24, 2.45) is 0 Å². The summed E-state index contributed by atoms with van der Waals surface area (Å²) in [6.07, 6.45) is 0. The van der Waals surface area contributed by atoms with Crippen molar-refractivity contribution in [3.05, 3.63) is 26.9 Å². The Morgan fingerprint density at radius 1 is 1.50 bits per heavy atom. The Hall–Kier alpha value is -0.0800. The largest absolute Gasteiger partial charge is 0.244 e. The number of hydrogen-bond donors (Lipinski definition) is 0. The Bertz CT molecular complexity index is 210. The molecule has 0 aromatic carbocycles. The maximum atomic E-state index is 5.80. The molecule has 0 saturated heterocycles. The van der Waals surface area contributed by atoms with Crippen molar-refractivity contribution in [1.82, 2.24) is 4.98 Å². The van der Waals surface area contributed by atoms with Crippen molar-refractivity contribution >= 4 is 27.5 Å². The molecule has 0 saturated carbocycles. The smallest absolute Gasteiger partial charge is 0.109 e. The number of nitrogens with zero attached hydrogens (tertiary/aromatic N) is 1. The van der Waals surface area contributed by atoms with Crippen LogP contribution in [0.2, 0.25) is 5.02 Å². The van der Waals surface area contributed by atoms with Crippen molar-refractivity contribution in [3.63, 3.8) is 0 Å². The summed E-state index contributed by atoms with van der Waals surface area (Å²) >= 11 is 9.11. The van der Waals surface area contributed by atoms with Gasteiger partial charge in [0.1, 0.15) is 4.60 Å². The predicted molar refractivity (Wildman–Crippen MR) is 46.4 cm³/mol. The monoisotopic (exact) mass is 219 g/mol. The van der Waals surface area contributed by atoms with E-state index in [0.29, 0.717) is 0 Å². The van der Waals surface area contributed by atoms with E-state index in [2.05, 4.69) is 20.9 Å². The molecule has 1 rings (SSSR count). The van der Waals surface area contributed by atoms with Gasteiger partial charge in [-0.05, 0) is 41.4 Å². The summed E-state index contributed by atoms with van der Waals surface area (Å²) in [4.78, 5) is 4.16. The summed E-state index contributed by atoms with van der Waals surface area (Å²) in [6, 6.07) is 1.90. The van der Waals surface area contributed by atoms with E-state index in [1.807, 2.05) is 19.9 Å². The van der Waals surface area contributed by atoms with E-state index in [-0.39, 0.29) is 0 Å². The van der Waals surface area contributed by atoms with Gasteiger partial charge in [-0.15, -0.1) is 0 Å². The summed E-state index contributed by atoms with van der Waals surface area (Å²) in [6.45, 7) is 3.84. The molecule has 10 heavy (non-hydrogen) atoms. The zero-order valence-electron chi connectivity index (χ0n) is 5.78. The molecular formula is C7H7BrClN. The van der Waals surface area contributed by atoms with Crippen LogP contribution in [-0.2, 0) is 0 Å². The first kappa shape index (κ1) is 8.02. The van der Waals surface area contributed by atoms with E-state index in [0.717, 1.165) is 20.9 Å². The number of hydrogen-bond acceptors (Lipinski definition) is 1. The van der Waals surface area contributed by atoms with Crippen LogP contribution in [0.3, 0.4) is 0 Å². The molecule has 0 unspecified atom stereocenters. The third kappa shape index (κ3) is 1.50. The Morgan fingerprint density at radius 3 is 2.60 bits per heavy atom. The second kappa shape index (κ2) is 2.89. The topological polar surface area (TPSA) is 12.9 Å². The molecule has 0 aliphatic carbocycles. The van der Waals surface area contributed by atoms with Gasteiger partial charge in [0, 0.05) is 0 Å². The fraction of sp³-hybridized carbons (Fsp3) is 0.286. The number of rotatable bonds is 0. The highest BCUT2D eigenvalue weighted by molar-refractivity contribution is 9.10. The van der Waals surface area contributed by atoms with Crippen molar-refractivity contribution in [2.75, 3.05) is 0 Å². The fourth-order valence-electron chi connectivity index (χ4n) is 0.643. The van der Waals surface area contributed by atoms with Gasteiger partial charge < -0.3 is 0 Å². The van der Waals surface area contributed by atoms with Gasteiger partial charge in [0.2, 0.25) is 0 Å². The number of aryl methyl sites for hydroxylation is 2. The zero-order chi connectivity index (χ0) is 7.72. The zero-order valence-corrected chi connectivity index (χ0v) is 8.12. The molecule has 1 aromatic heterocycles. The Balaban J connectivity index is 3.28. The number of aromatic nitrogens is 1. The van der Waals surface area contributed by atoms with Gasteiger partial charge in [0.15, 0.2) is 0 Å². The Morgan fingerprint density at radius 2 is 2.10 bits per heavy atom. The minimum atomic E-state index is 0.723. The van der Waals surface area contributed by atoms with Crippen LogP contribution in [0.15, 0.2) is 10.7 Å². The highest BCUT2D eigenvalue weighted by Gasteiger charge is 2.00. The molecule has 0 amide bonds. The maximum Gasteiger partial charge on any atom is 0.109 e. The third-order valence-electron chi connectivity index (χ3n) is 1.28. The normalized spacial score (nSPS) is 10.0. The lowest BCUT2D eigenvalue weighted by Crippen LogP contribution is -1.86. The Labute approximate surface area is 73.6 Å². The molecule has 1 heterocycles. The minimum Gasteiger partial charge on any atom is -0.244 e. The molecule has 0 bridgehead atoms. The maximum absolute atomic E-state index is 5.80. The second-order valence-corrected chi connectivity index (χ2v) is 3.32. The summed E-state index contributed by atoms with van der Waals surface area (Å²) < 4.78 is 0.870. The predicted octanol–water partition coefficient (Wildman–Crippen LogP) is 3.11. The van der Waals surface area contributed by atoms with Gasteiger partial charge in [0.05, 0.1) is 10.7 Å². The SMILES string of the molecule is Cc1cc(Cl)c(C)nc1Br. The molecular weight excluding hydrogens is 213 g/mol. The first-order valence-corrected chi connectivity index (χ1v) is 4.07. The van der Waals surface area contributed by atoms with Crippen molar-refractivity contribution in [2.45, 2.75) is 13.8 Å². The first-order valence-electron chi connectivity index (χ1n) is 2.90. The number of halogens is 2. The van der Waals surface area contributed by atoms with Crippen LogP contribution >= 0.6 is 27.5 Å². The number of pyridine rings is 1. The van der Waals surface area contributed by atoms with Crippen molar-refractivity contribution in [3.8, 4) is 0 Å². The Kier molecular flexibility index (Phi) is 2.32. The van der Waals surface area contributed by atoms with Crippen LogP contribution in [0.4, 0.5) is 0 Å². The van der Waals surface area contributed by atoms with E-state index >= 15 is 0 Å². The van der Waals surface area contributed by atoms with Crippen LogP contribution in [0.1, 0.15) is 11.3 Å². The van der Waals surface area contributed by atoms with E-state index in [1.54, 1.807) is 0 Å². The molecule has 0 spiro atoms. The standard InChI is InChI=1S/C7H7BrClN/c1-4-3-6(9)5(2)10-7(4)8/h3H,1-2H3. The molecule has 1 aromatic rings. The van der Waals surface area contributed by atoms with E-state index in [1.165, 1.54) is 0 Å². The van der Waals surface area contributed by atoms with Gasteiger partial charge in [-0.25, -0.2) is 4.98 Å². The fourth-order valence-corrected chi connectivity index (χ4v) is 1.23. The molecule has 0 radical (unpaired) electrons. The summed E-state index contributed by atoms with van der Waals surface area (Å²) in [7, 11) is 0. The van der Waals surface area contributed by atoms with Crippen LogP contribution < -0.4 is 0 Å². The van der Waals surface area contributed by atoms with Crippen LogP contribution in [0.5, 0.6) is 0 Å². The van der Waals surface area contributed by atoms with Gasteiger partial charge in [-0.3, -0.25) is 0 Å². The van der Waals surface area contributed by atoms with E-state index in [9.17, 15) is 0 Å². The lowest BCUT2D eigenvalue weighted by atomic mass is 10.3. The highest BCUT2D eigenvalue weighted by atomic mass is 79.9. The lowest BCUT2D eigenvalue weighted by molar-refractivity contribution is 1.13. The summed E-state index contributed by atoms with van der Waals surface area (Å²) in [5.74, 6) is 0. The minimum absolute atomic E-state index is 0.723. The lowest BCUT2D eigenvalue weighted by Gasteiger charge is -2.00. The van der Waals surface area contributed by atoms with Gasteiger partial charge >= 0.3 is 0 Å². The highest BCUT2D eigenvalue weighted by Crippen LogP contribution is 2.20. The van der Waals surface area contributed by atoms with Crippen LogP contribution in [0, 0.1) is 13.8 Å². The quantitative estimate of drug-likeness (QED) is 0.612. The van der Waals surface area contributed by atoms with Gasteiger partial charge in [-0.1, -0.05) is 11.6 Å². The molecule has 3 heteroatoms. The van der Waals surface area contributed by atoms with Crippen LogP contribution in [-0.4, -0.2) is 4.98 Å². The van der Waals surface area contributed by atoms with Crippen LogP contribution in [0.25, 0.3) is 0 Å². The molecule has 0 N–H and O–H groups in total. The second-order valence-electron chi connectivity index (χ2n) is 2.16. The summed E-state index contributed by atoms with van der Waals surface area (Å²) in [5.41, 5.74) is 1.93. The molecule has 0 aliphatic rings. The van der Waals surface area contributed by atoms with Crippen molar-refractivity contribution in [1.29, 1.82) is 0 Å². The molecule has 1 nitrogen and oxygen atoms in total. The van der Waals surface area contributed by atoms with Crippen molar-refractivity contribution < 1.29 is 0 Å². The van der Waals surface area contributed by atoms with E-state index in [4.69, 9.17) is 11.6 Å². The molecule has 0 aliphatic heterocycles. The third-order valence-corrected chi connectivity index (χ3v) is 2.47. The van der Waals surface area contributed by atoms with Gasteiger partial charge in [0.25, 0.3) is 0 Å². The average molecular weight is 220 g/mol. The van der Waals surface area contributed by atoms with Gasteiger partial charge in [-0.2, -0.15) is 0 Å². The van der Waals surface area contributed by atoms with E-state index < -0.39 is 0 Å².